The molecule has 1 aliphatic rings. The topological polar surface area (TPSA) is 116 Å². The Kier molecular flexibility index (Phi) is 5.92. The maximum atomic E-state index is 13.2. The van der Waals surface area contributed by atoms with Gasteiger partial charge in [-0.25, -0.2) is 0 Å². The first-order valence-corrected chi connectivity index (χ1v) is 15.1. The number of fused-ring (bicyclic) bond motifs is 1. The van der Waals surface area contributed by atoms with E-state index in [1.165, 1.54) is 27.9 Å². The molecule has 4 aromatic rings. The first kappa shape index (κ1) is 22.0. The summed E-state index contributed by atoms with van der Waals surface area (Å²) in [4.78, 5) is 22.1. The van der Waals surface area contributed by atoms with Crippen LogP contribution in [0.4, 0.5) is 5.82 Å². The van der Waals surface area contributed by atoms with E-state index >= 15 is 0 Å². The Morgan fingerprint density at radius 2 is 2.03 bits per heavy atom. The zero-order chi connectivity index (χ0) is 23.0. The fourth-order valence-electron chi connectivity index (χ4n) is 4.04. The van der Waals surface area contributed by atoms with Crippen molar-refractivity contribution in [2.45, 2.75) is 47.0 Å². The van der Waals surface area contributed by atoms with Gasteiger partial charge in [0, 0.05) is 0 Å². The van der Waals surface area contributed by atoms with Crippen molar-refractivity contribution < 1.29 is 4.79 Å². The van der Waals surface area contributed by atoms with Gasteiger partial charge in [0.2, 0.25) is 0 Å². The molecule has 0 saturated carbocycles. The van der Waals surface area contributed by atoms with Crippen LogP contribution in [-0.4, -0.2) is 56.4 Å². The van der Waals surface area contributed by atoms with Crippen molar-refractivity contribution in [2.75, 3.05) is 5.32 Å². The quantitative estimate of drug-likeness (QED) is 0.370. The summed E-state index contributed by atoms with van der Waals surface area (Å²) in [5.41, 5.74) is 8.58. The van der Waals surface area contributed by atoms with Crippen molar-refractivity contribution in [3.63, 3.8) is 0 Å². The van der Waals surface area contributed by atoms with E-state index in [0.29, 0.717) is 28.8 Å². The molecule has 33 heavy (non-hydrogen) atoms. The van der Waals surface area contributed by atoms with Gasteiger partial charge in [0.05, 0.1) is 0 Å². The van der Waals surface area contributed by atoms with Crippen molar-refractivity contribution in [1.29, 1.82) is 0 Å². The Hall–Kier alpha value is -2.79. The van der Waals surface area contributed by atoms with Crippen LogP contribution >= 0.6 is 0 Å². The first-order chi connectivity index (χ1) is 15.9. The molecule has 3 N–H and O–H groups in total. The number of nitrogens with zero attached hydrogens (tertiary/aromatic N) is 6. The Labute approximate surface area is 202 Å². The molecule has 0 aromatic carbocycles. The molecule has 0 unspecified atom stereocenters. The van der Waals surface area contributed by atoms with E-state index in [0.717, 1.165) is 11.3 Å². The van der Waals surface area contributed by atoms with Gasteiger partial charge in [0.25, 0.3) is 0 Å². The Bertz CT molecular complexity index is 1280. The SMILES string of the molecule is CC(C)(N)c1ccc(-n2nc(C3C[CH2][Sn][CH2]C3)cc2NC(=O)c2cnn3cccnc23)nc1. The van der Waals surface area contributed by atoms with Crippen LogP contribution in [0.5, 0.6) is 0 Å². The van der Waals surface area contributed by atoms with E-state index < -0.39 is 5.54 Å². The third-order valence-corrected chi connectivity index (χ3v) is 9.63. The molecule has 9 nitrogen and oxygen atoms in total. The van der Waals surface area contributed by atoms with E-state index in [1.54, 1.807) is 33.9 Å². The molecule has 5 rings (SSSR count). The molecule has 1 aliphatic heterocycles. The normalized spacial score (nSPS) is 15.1. The molecule has 0 bridgehead atoms. The molecule has 168 valence electrons. The molecule has 2 radical (unpaired) electrons. The molecule has 0 aliphatic carbocycles. The summed E-state index contributed by atoms with van der Waals surface area (Å²) >= 11 is -0.175. The first-order valence-electron chi connectivity index (χ1n) is 11.1. The molecular weight excluding hydrogens is 523 g/mol. The molecule has 1 saturated heterocycles. The fourth-order valence-corrected chi connectivity index (χ4v) is 7.91. The number of nitrogens with two attached hydrogens (primary N) is 1. The minimum atomic E-state index is -0.485. The second-order valence-corrected chi connectivity index (χ2v) is 13.2. The number of aromatic nitrogens is 6. The van der Waals surface area contributed by atoms with E-state index in [9.17, 15) is 4.79 Å². The van der Waals surface area contributed by atoms with Gasteiger partial charge in [-0.15, -0.1) is 0 Å². The van der Waals surface area contributed by atoms with Gasteiger partial charge in [-0.05, 0) is 6.07 Å². The van der Waals surface area contributed by atoms with Gasteiger partial charge in [0.15, 0.2) is 0 Å². The number of hydrogen-bond acceptors (Lipinski definition) is 6. The fraction of sp³-hybridized carbons (Fsp3) is 0.348. The summed E-state index contributed by atoms with van der Waals surface area (Å²) in [6.07, 6.45) is 9.07. The van der Waals surface area contributed by atoms with Gasteiger partial charge in [-0.3, -0.25) is 0 Å². The zero-order valence-corrected chi connectivity index (χ0v) is 21.5. The molecule has 0 spiro atoms. The molecule has 4 aromatic heterocycles. The van der Waals surface area contributed by atoms with Gasteiger partial charge in [0.1, 0.15) is 0 Å². The number of carbonyl (C=O) groups excluding carboxylic acids is 1. The number of pyridine rings is 1. The van der Waals surface area contributed by atoms with E-state index in [1.807, 2.05) is 32.0 Å². The van der Waals surface area contributed by atoms with Crippen molar-refractivity contribution >= 4 is 38.5 Å². The maximum absolute atomic E-state index is 13.2. The molecule has 0 atom stereocenters. The Morgan fingerprint density at radius 3 is 2.76 bits per heavy atom. The van der Waals surface area contributed by atoms with Crippen LogP contribution in [-0.2, 0) is 5.54 Å². The molecule has 1 fully saturated rings. The van der Waals surface area contributed by atoms with Crippen LogP contribution in [0.2, 0.25) is 8.87 Å². The molecule has 1 amide bonds. The van der Waals surface area contributed by atoms with Crippen molar-refractivity contribution in [3.8, 4) is 5.82 Å². The predicted molar refractivity (Wildman–Crippen MR) is 127 cm³/mol. The summed E-state index contributed by atoms with van der Waals surface area (Å²) in [7, 11) is 0. The van der Waals surface area contributed by atoms with Crippen LogP contribution in [0, 0.1) is 0 Å². The summed E-state index contributed by atoms with van der Waals surface area (Å²) in [6.45, 7) is 3.89. The number of rotatable bonds is 5. The second-order valence-electron chi connectivity index (χ2n) is 8.92. The van der Waals surface area contributed by atoms with Gasteiger partial charge >= 0.3 is 196 Å². The Morgan fingerprint density at radius 1 is 1.21 bits per heavy atom. The molecular formula is C23H26N8OSn. The zero-order valence-electron chi connectivity index (χ0n) is 18.7. The minimum absolute atomic E-state index is 0.175. The van der Waals surface area contributed by atoms with Crippen LogP contribution in [0.3, 0.4) is 0 Å². The van der Waals surface area contributed by atoms with Gasteiger partial charge < -0.3 is 0 Å². The third-order valence-electron chi connectivity index (χ3n) is 5.96. The number of hydrogen-bond donors (Lipinski definition) is 2. The standard InChI is InChI=1S/C23H26N8O.Sn/c1-5-15(6-2)18-12-20(28-22(32)17-14-27-30-11-7-10-25-21(17)30)31(29-18)19-9-8-16(13-26-19)23(3,4)24;/h7-15H,1-2,5-6,24H2,3-4H3,(H,28,32);. The monoisotopic (exact) mass is 550 g/mol. The third kappa shape index (κ3) is 4.51. The van der Waals surface area contributed by atoms with Gasteiger partial charge in [-0.2, -0.15) is 0 Å². The number of carbonyl (C=O) groups is 1. The van der Waals surface area contributed by atoms with Crippen molar-refractivity contribution in [3.05, 3.63) is 65.9 Å². The molecule has 10 heteroatoms. The van der Waals surface area contributed by atoms with Gasteiger partial charge in [-0.1, -0.05) is 0 Å². The summed E-state index contributed by atoms with van der Waals surface area (Å²) in [5.74, 6) is 1.36. The summed E-state index contributed by atoms with van der Waals surface area (Å²) in [5, 5.41) is 12.1. The number of anilines is 1. The van der Waals surface area contributed by atoms with E-state index in [2.05, 4.69) is 20.4 Å². The summed E-state index contributed by atoms with van der Waals surface area (Å²) < 4.78 is 6.04. The van der Waals surface area contributed by atoms with Crippen LogP contribution in [0.1, 0.15) is 54.2 Å². The Balaban J connectivity index is 1.51. The number of amides is 1. The average Bonchev–Trinajstić information content (AvgIpc) is 3.44. The van der Waals surface area contributed by atoms with Crippen LogP contribution in [0.15, 0.2) is 49.1 Å². The number of nitrogens with one attached hydrogen (secondary N) is 1. The average molecular weight is 549 g/mol. The van der Waals surface area contributed by atoms with E-state index in [4.69, 9.17) is 10.8 Å². The van der Waals surface area contributed by atoms with Crippen LogP contribution in [0.25, 0.3) is 11.5 Å². The van der Waals surface area contributed by atoms with Crippen molar-refractivity contribution in [1.82, 2.24) is 29.4 Å². The predicted octanol–water partition coefficient (Wildman–Crippen LogP) is 3.17. The molecule has 5 heterocycles. The second kappa shape index (κ2) is 8.86. The summed E-state index contributed by atoms with van der Waals surface area (Å²) in [6, 6.07) is 7.61. The van der Waals surface area contributed by atoms with Crippen molar-refractivity contribution in [2.24, 2.45) is 5.73 Å². The van der Waals surface area contributed by atoms with E-state index in [-0.39, 0.29) is 27.0 Å². The van der Waals surface area contributed by atoms with Crippen LogP contribution < -0.4 is 11.1 Å².